The van der Waals surface area contributed by atoms with Crippen molar-refractivity contribution in [2.24, 2.45) is 5.92 Å². The molecule has 3 saturated heterocycles. The molecule has 0 saturated carbocycles. The van der Waals surface area contributed by atoms with Gasteiger partial charge in [-0.15, -0.1) is 0 Å². The van der Waals surface area contributed by atoms with Gasteiger partial charge in [0.05, 0.1) is 11.7 Å². The third kappa shape index (κ3) is 4.58. The number of hydrogen-bond donors (Lipinski definition) is 1. The van der Waals surface area contributed by atoms with Crippen LogP contribution in [0.2, 0.25) is 0 Å². The van der Waals surface area contributed by atoms with Crippen LogP contribution < -0.4 is 5.32 Å². The Morgan fingerprint density at radius 3 is 2.58 bits per heavy atom. The average molecular weight is 482 g/mol. The molecule has 0 aromatic carbocycles. The molecule has 3 fully saturated rings. The summed E-state index contributed by atoms with van der Waals surface area (Å²) in [4.78, 5) is 40.2. The number of Topliss-reactive ketones (excluding diaryl/α,β-unsaturated/α-hetero) is 1. The van der Waals surface area contributed by atoms with Crippen LogP contribution in [-0.2, 0) is 24.3 Å². The molecule has 0 spiro atoms. The molecule has 182 valence electrons. The van der Waals surface area contributed by atoms with Gasteiger partial charge >= 0.3 is 0 Å². The first kappa shape index (κ1) is 23.9. The maximum absolute atomic E-state index is 13.3. The molecule has 0 aliphatic carbocycles. The summed E-state index contributed by atoms with van der Waals surface area (Å²) in [5, 5.41) is 2.49. The number of carbonyl (C=O) groups excluding carboxylic acids is 3. The molecule has 1 aromatic heterocycles. The Morgan fingerprint density at radius 1 is 1.21 bits per heavy atom. The number of rotatable bonds is 7. The lowest BCUT2D eigenvalue weighted by Gasteiger charge is -2.28. The number of furan rings is 1. The first-order valence-corrected chi connectivity index (χ1v) is 12.9. The Morgan fingerprint density at radius 2 is 1.91 bits per heavy atom. The van der Waals surface area contributed by atoms with E-state index in [1.807, 2.05) is 13.8 Å². The third-order valence-electron chi connectivity index (χ3n) is 6.50. The number of fused-ring (bicyclic) bond motifs is 1. The molecule has 0 bridgehead atoms. The number of carbonyl (C=O) groups is 3. The molecule has 3 aliphatic heterocycles. The second-order valence-electron chi connectivity index (χ2n) is 9.38. The van der Waals surface area contributed by atoms with E-state index in [0.717, 1.165) is 12.8 Å². The summed E-state index contributed by atoms with van der Waals surface area (Å²) in [6, 6.07) is -0.218. The molecular formula is C22H31N3O7S. The van der Waals surface area contributed by atoms with Gasteiger partial charge in [-0.25, -0.2) is 8.42 Å². The van der Waals surface area contributed by atoms with Crippen molar-refractivity contribution in [3.63, 3.8) is 0 Å². The predicted octanol–water partition coefficient (Wildman–Crippen LogP) is 1.09. The second-order valence-corrected chi connectivity index (χ2v) is 11.3. The van der Waals surface area contributed by atoms with Crippen LogP contribution in [0.5, 0.6) is 0 Å². The first-order valence-electron chi connectivity index (χ1n) is 11.5. The Balaban J connectivity index is 1.53. The fourth-order valence-corrected chi connectivity index (χ4v) is 6.32. The molecule has 1 N–H and O–H groups in total. The minimum absolute atomic E-state index is 0.00278. The molecule has 11 heteroatoms. The van der Waals surface area contributed by atoms with E-state index >= 15 is 0 Å². The number of ether oxygens (including phenoxy) is 1. The number of amides is 2. The number of hydrogen-bond acceptors (Lipinski definition) is 7. The molecule has 3 atom stereocenters. The smallest absolute Gasteiger partial charge is 0.276 e. The van der Waals surface area contributed by atoms with Crippen LogP contribution >= 0.6 is 0 Å². The maximum Gasteiger partial charge on any atom is 0.276 e. The quantitative estimate of drug-likeness (QED) is 0.618. The standard InChI is InChI=1S/C22H31N3O7S/c1-13(2)10-16(22(28)25-9-6-18-20(25)17(26)12-31-18)23-21(27)15-11-19(32-14(15)3)33(29,30)24-7-4-5-8-24/h11,13,16,18,20H,4-10,12H2,1-3H3,(H,23,27). The molecule has 1 aromatic rings. The van der Waals surface area contributed by atoms with Crippen molar-refractivity contribution >= 4 is 27.6 Å². The Bertz CT molecular complexity index is 1040. The highest BCUT2D eigenvalue weighted by Gasteiger charge is 2.48. The molecular weight excluding hydrogens is 450 g/mol. The molecule has 3 aliphatic rings. The van der Waals surface area contributed by atoms with Gasteiger partial charge in [0.2, 0.25) is 11.0 Å². The summed E-state index contributed by atoms with van der Waals surface area (Å²) < 4.78 is 37.9. The van der Waals surface area contributed by atoms with E-state index in [2.05, 4.69) is 5.32 Å². The monoisotopic (exact) mass is 481 g/mol. The van der Waals surface area contributed by atoms with Crippen LogP contribution in [0.1, 0.15) is 55.6 Å². The molecule has 33 heavy (non-hydrogen) atoms. The Kier molecular flexibility index (Phi) is 6.66. The van der Waals surface area contributed by atoms with Crippen molar-refractivity contribution in [2.75, 3.05) is 26.2 Å². The number of nitrogens with zero attached hydrogens (tertiary/aromatic N) is 2. The number of ketones is 1. The van der Waals surface area contributed by atoms with Crippen molar-refractivity contribution in [2.45, 2.75) is 69.7 Å². The normalized spacial score (nSPS) is 24.5. The van der Waals surface area contributed by atoms with Crippen molar-refractivity contribution in [1.29, 1.82) is 0 Å². The van der Waals surface area contributed by atoms with Gasteiger partial charge in [-0.3, -0.25) is 14.4 Å². The first-order chi connectivity index (χ1) is 15.6. The summed E-state index contributed by atoms with van der Waals surface area (Å²) in [6.07, 6.45) is 2.26. The van der Waals surface area contributed by atoms with E-state index < -0.39 is 28.0 Å². The molecule has 4 rings (SSSR count). The molecule has 10 nitrogen and oxygen atoms in total. The lowest BCUT2D eigenvalue weighted by molar-refractivity contribution is -0.138. The number of aryl methyl sites for hydroxylation is 1. The van der Waals surface area contributed by atoms with Crippen LogP contribution in [0.25, 0.3) is 0 Å². The highest BCUT2D eigenvalue weighted by molar-refractivity contribution is 7.89. The fourth-order valence-electron chi connectivity index (χ4n) is 4.83. The van der Waals surface area contributed by atoms with Gasteiger partial charge < -0.3 is 19.4 Å². The Hall–Kier alpha value is -2.24. The zero-order valence-corrected chi connectivity index (χ0v) is 20.0. The van der Waals surface area contributed by atoms with Crippen LogP contribution in [0, 0.1) is 12.8 Å². The zero-order valence-electron chi connectivity index (χ0n) is 19.2. The topological polar surface area (TPSA) is 126 Å². The summed E-state index contributed by atoms with van der Waals surface area (Å²) in [6.45, 7) is 6.65. The molecule has 0 radical (unpaired) electrons. The summed E-state index contributed by atoms with van der Waals surface area (Å²) >= 11 is 0. The minimum Gasteiger partial charge on any atom is -0.448 e. The van der Waals surface area contributed by atoms with E-state index in [0.29, 0.717) is 32.5 Å². The minimum atomic E-state index is -3.81. The van der Waals surface area contributed by atoms with Crippen molar-refractivity contribution in [1.82, 2.24) is 14.5 Å². The van der Waals surface area contributed by atoms with Gasteiger partial charge in [-0.1, -0.05) is 13.8 Å². The van der Waals surface area contributed by atoms with Gasteiger partial charge in [-0.2, -0.15) is 4.31 Å². The van der Waals surface area contributed by atoms with Crippen molar-refractivity contribution in [3.8, 4) is 0 Å². The summed E-state index contributed by atoms with van der Waals surface area (Å²) in [5.41, 5.74) is 0.0777. The van der Waals surface area contributed by atoms with Crippen LogP contribution in [-0.4, -0.2) is 79.6 Å². The van der Waals surface area contributed by atoms with E-state index in [4.69, 9.17) is 9.15 Å². The summed E-state index contributed by atoms with van der Waals surface area (Å²) in [5.74, 6) is -0.758. The van der Waals surface area contributed by atoms with Gasteiger partial charge in [0.25, 0.3) is 15.9 Å². The van der Waals surface area contributed by atoms with Gasteiger partial charge in [0, 0.05) is 25.7 Å². The van der Waals surface area contributed by atoms with Gasteiger partial charge in [-0.05, 0) is 38.5 Å². The van der Waals surface area contributed by atoms with Crippen LogP contribution in [0.15, 0.2) is 15.6 Å². The fraction of sp³-hybridized carbons (Fsp3) is 0.682. The van der Waals surface area contributed by atoms with E-state index in [9.17, 15) is 22.8 Å². The second kappa shape index (κ2) is 9.19. The van der Waals surface area contributed by atoms with E-state index in [1.54, 1.807) is 0 Å². The maximum atomic E-state index is 13.3. The van der Waals surface area contributed by atoms with Crippen LogP contribution in [0.3, 0.4) is 0 Å². The van der Waals surface area contributed by atoms with Gasteiger partial charge in [0.1, 0.15) is 24.5 Å². The SMILES string of the molecule is Cc1oc(S(=O)(=O)N2CCCC2)cc1C(=O)NC(CC(C)C)C(=O)N1CCC2OCC(=O)C21. The number of nitrogens with one attached hydrogen (secondary N) is 1. The van der Waals surface area contributed by atoms with E-state index in [-0.39, 0.29) is 46.7 Å². The highest BCUT2D eigenvalue weighted by atomic mass is 32.2. The molecule has 2 amide bonds. The van der Waals surface area contributed by atoms with Crippen molar-refractivity contribution in [3.05, 3.63) is 17.4 Å². The third-order valence-corrected chi connectivity index (χ3v) is 8.26. The number of likely N-dealkylation sites (tertiary alicyclic amines) is 1. The van der Waals surface area contributed by atoms with Gasteiger partial charge in [0.15, 0.2) is 5.78 Å². The lowest BCUT2D eigenvalue weighted by Crippen LogP contribution is -2.52. The lowest BCUT2D eigenvalue weighted by atomic mass is 10.0. The highest BCUT2D eigenvalue weighted by Crippen LogP contribution is 2.29. The van der Waals surface area contributed by atoms with E-state index in [1.165, 1.54) is 22.2 Å². The zero-order chi connectivity index (χ0) is 23.9. The molecule has 3 unspecified atom stereocenters. The average Bonchev–Trinajstić information content (AvgIpc) is 3.52. The van der Waals surface area contributed by atoms with Crippen LogP contribution in [0.4, 0.5) is 0 Å². The molecule has 4 heterocycles. The summed E-state index contributed by atoms with van der Waals surface area (Å²) in [7, 11) is -3.81. The largest absolute Gasteiger partial charge is 0.448 e. The Labute approximate surface area is 193 Å². The number of sulfonamides is 1. The predicted molar refractivity (Wildman–Crippen MR) is 117 cm³/mol. The van der Waals surface area contributed by atoms with Crippen molar-refractivity contribution < 1.29 is 32.0 Å².